The number of hydrogen-bond acceptors (Lipinski definition) is 5. The van der Waals surface area contributed by atoms with Crippen molar-refractivity contribution in [1.82, 2.24) is 20.0 Å². The molecule has 0 radical (unpaired) electrons. The summed E-state index contributed by atoms with van der Waals surface area (Å²) < 4.78 is 51.7. The van der Waals surface area contributed by atoms with Crippen LogP contribution in [0, 0.1) is 18.6 Å². The number of hydrogen-bond donors (Lipinski definition) is 1. The molecule has 3 rings (SSSR count). The van der Waals surface area contributed by atoms with Crippen molar-refractivity contribution in [2.24, 2.45) is 0 Å². The van der Waals surface area contributed by atoms with E-state index in [4.69, 9.17) is 0 Å². The lowest BCUT2D eigenvalue weighted by atomic mass is 10.3. The van der Waals surface area contributed by atoms with Gasteiger partial charge in [-0.15, -0.1) is 0 Å². The molecule has 27 heavy (non-hydrogen) atoms. The molecule has 1 aliphatic rings. The van der Waals surface area contributed by atoms with E-state index < -0.39 is 27.4 Å². The highest BCUT2D eigenvalue weighted by Gasteiger charge is 2.22. The number of benzene rings is 1. The number of sulfone groups is 1. The molecule has 1 N–H and O–H groups in total. The molecule has 1 amide bonds. The number of aromatic nitrogens is 2. The number of amides is 1. The van der Waals surface area contributed by atoms with Crippen molar-refractivity contribution in [3.8, 4) is 5.69 Å². The Hall–Kier alpha value is -2.33. The largest absolute Gasteiger partial charge is 0.349 e. The van der Waals surface area contributed by atoms with Crippen molar-refractivity contribution in [1.29, 1.82) is 0 Å². The number of aryl methyl sites for hydroxylation is 1. The quantitative estimate of drug-likeness (QED) is 0.810. The Morgan fingerprint density at radius 3 is 2.48 bits per heavy atom. The molecule has 1 aromatic heterocycles. The maximum atomic E-state index is 13.9. The fourth-order valence-electron chi connectivity index (χ4n) is 2.90. The first-order valence-electron chi connectivity index (χ1n) is 8.49. The van der Waals surface area contributed by atoms with Crippen LogP contribution in [0.1, 0.15) is 16.2 Å². The van der Waals surface area contributed by atoms with E-state index in [-0.39, 0.29) is 22.9 Å². The number of nitrogens with zero attached hydrogens (tertiary/aromatic N) is 3. The lowest BCUT2D eigenvalue weighted by Crippen LogP contribution is -2.43. The van der Waals surface area contributed by atoms with Gasteiger partial charge in [0, 0.05) is 31.9 Å². The number of halogens is 2. The molecule has 0 atom stereocenters. The Labute approximate surface area is 155 Å². The van der Waals surface area contributed by atoms with Crippen LogP contribution in [0.3, 0.4) is 0 Å². The summed E-state index contributed by atoms with van der Waals surface area (Å²) in [6.07, 6.45) is 0. The van der Waals surface area contributed by atoms with Crippen LogP contribution >= 0.6 is 0 Å². The van der Waals surface area contributed by atoms with E-state index in [9.17, 15) is 22.0 Å². The van der Waals surface area contributed by atoms with Gasteiger partial charge in [-0.05, 0) is 25.1 Å². The van der Waals surface area contributed by atoms with Gasteiger partial charge in [0.15, 0.2) is 27.2 Å². The highest BCUT2D eigenvalue weighted by atomic mass is 32.2. The molecular weight excluding hydrogens is 378 g/mol. The molecule has 0 spiro atoms. The van der Waals surface area contributed by atoms with Gasteiger partial charge in [-0.1, -0.05) is 6.07 Å². The molecule has 0 bridgehead atoms. The highest BCUT2D eigenvalue weighted by molar-refractivity contribution is 7.91. The third-order valence-corrected chi connectivity index (χ3v) is 6.03. The smallest absolute Gasteiger partial charge is 0.271 e. The van der Waals surface area contributed by atoms with Gasteiger partial charge in [0.25, 0.3) is 5.91 Å². The van der Waals surface area contributed by atoms with E-state index in [0.717, 1.165) is 16.8 Å². The maximum Gasteiger partial charge on any atom is 0.271 e. The summed E-state index contributed by atoms with van der Waals surface area (Å²) in [5, 5.41) is 6.71. The van der Waals surface area contributed by atoms with Gasteiger partial charge in [-0.3, -0.25) is 9.69 Å². The number of para-hydroxylation sites is 1. The minimum absolute atomic E-state index is 0.0522. The van der Waals surface area contributed by atoms with Gasteiger partial charge in [0.1, 0.15) is 5.69 Å². The number of carbonyl (C=O) groups is 1. The predicted molar refractivity (Wildman–Crippen MR) is 95.6 cm³/mol. The van der Waals surface area contributed by atoms with Crippen LogP contribution in [-0.4, -0.2) is 66.7 Å². The first-order valence-corrected chi connectivity index (χ1v) is 10.3. The van der Waals surface area contributed by atoms with Gasteiger partial charge in [0.05, 0.1) is 11.5 Å². The van der Waals surface area contributed by atoms with E-state index in [1.165, 1.54) is 12.1 Å². The van der Waals surface area contributed by atoms with Crippen LogP contribution in [0.15, 0.2) is 24.3 Å². The lowest BCUT2D eigenvalue weighted by molar-refractivity contribution is 0.0943. The van der Waals surface area contributed by atoms with E-state index in [2.05, 4.69) is 10.4 Å². The monoisotopic (exact) mass is 398 g/mol. The topological polar surface area (TPSA) is 84.3 Å². The first kappa shape index (κ1) is 19.4. The number of rotatable bonds is 5. The fourth-order valence-corrected chi connectivity index (χ4v) is 4.17. The van der Waals surface area contributed by atoms with Crippen LogP contribution in [0.5, 0.6) is 0 Å². The highest BCUT2D eigenvalue weighted by Crippen LogP contribution is 2.19. The van der Waals surface area contributed by atoms with Crippen molar-refractivity contribution < 1.29 is 22.0 Å². The van der Waals surface area contributed by atoms with Gasteiger partial charge in [-0.2, -0.15) is 5.10 Å². The van der Waals surface area contributed by atoms with Crippen LogP contribution < -0.4 is 5.32 Å². The van der Waals surface area contributed by atoms with Crippen molar-refractivity contribution in [2.45, 2.75) is 6.92 Å². The Kier molecular flexibility index (Phi) is 5.56. The number of nitrogens with one attached hydrogen (secondary N) is 1. The minimum Gasteiger partial charge on any atom is -0.349 e. The molecular formula is C17H20F2N4O3S. The third-order valence-electron chi connectivity index (χ3n) is 4.42. The molecule has 0 unspecified atom stereocenters. The van der Waals surface area contributed by atoms with Gasteiger partial charge < -0.3 is 5.32 Å². The standard InChI is InChI=1S/C17H20F2N4O3S/c1-12-11-15(21-23(12)16-13(18)3-2-4-14(16)19)17(24)20-5-6-22-7-9-27(25,26)10-8-22/h2-4,11H,5-10H2,1H3,(H,20,24). The van der Waals surface area contributed by atoms with Gasteiger partial charge in [0.2, 0.25) is 0 Å². The second kappa shape index (κ2) is 7.73. The SMILES string of the molecule is Cc1cc(C(=O)NCCN2CCS(=O)(=O)CC2)nn1-c1c(F)cccc1F. The number of carbonyl (C=O) groups excluding carboxylic acids is 1. The summed E-state index contributed by atoms with van der Waals surface area (Å²) in [4.78, 5) is 14.2. The Morgan fingerprint density at radius 2 is 1.85 bits per heavy atom. The average molecular weight is 398 g/mol. The van der Waals surface area contributed by atoms with Crippen molar-refractivity contribution >= 4 is 15.7 Å². The summed E-state index contributed by atoms with van der Waals surface area (Å²) in [5.41, 5.74) is 0.144. The zero-order valence-electron chi connectivity index (χ0n) is 14.8. The molecule has 1 aliphatic heterocycles. The lowest BCUT2D eigenvalue weighted by Gasteiger charge is -2.26. The summed E-state index contributed by atoms with van der Waals surface area (Å²) >= 11 is 0. The summed E-state index contributed by atoms with van der Waals surface area (Å²) in [5.74, 6) is -1.75. The van der Waals surface area contributed by atoms with Crippen LogP contribution in [0.2, 0.25) is 0 Å². The first-order chi connectivity index (χ1) is 12.8. The molecule has 1 aromatic carbocycles. The van der Waals surface area contributed by atoms with Crippen LogP contribution in [0.25, 0.3) is 5.69 Å². The van der Waals surface area contributed by atoms with Gasteiger partial charge in [-0.25, -0.2) is 21.9 Å². The second-order valence-electron chi connectivity index (χ2n) is 6.40. The van der Waals surface area contributed by atoms with Crippen molar-refractivity contribution in [3.05, 3.63) is 47.3 Å². The summed E-state index contributed by atoms with van der Waals surface area (Å²) in [6.45, 7) is 3.32. The Bertz CT molecular complexity index is 925. The normalized spacial score (nSPS) is 17.0. The molecule has 7 nitrogen and oxygen atoms in total. The zero-order valence-corrected chi connectivity index (χ0v) is 15.6. The summed E-state index contributed by atoms with van der Waals surface area (Å²) in [6, 6.07) is 4.96. The van der Waals surface area contributed by atoms with E-state index in [0.29, 0.717) is 31.9 Å². The molecule has 2 heterocycles. The van der Waals surface area contributed by atoms with Crippen molar-refractivity contribution in [2.75, 3.05) is 37.7 Å². The fraction of sp³-hybridized carbons (Fsp3) is 0.412. The molecule has 10 heteroatoms. The molecule has 1 saturated heterocycles. The van der Waals surface area contributed by atoms with E-state index in [1.807, 2.05) is 4.90 Å². The average Bonchev–Trinajstić information content (AvgIpc) is 2.98. The van der Waals surface area contributed by atoms with E-state index in [1.54, 1.807) is 6.92 Å². The van der Waals surface area contributed by atoms with E-state index >= 15 is 0 Å². The summed E-state index contributed by atoms with van der Waals surface area (Å²) in [7, 11) is -2.94. The maximum absolute atomic E-state index is 13.9. The van der Waals surface area contributed by atoms with Gasteiger partial charge >= 0.3 is 0 Å². The Morgan fingerprint density at radius 1 is 1.22 bits per heavy atom. The minimum atomic E-state index is -2.94. The molecule has 146 valence electrons. The van der Waals surface area contributed by atoms with Crippen LogP contribution in [0.4, 0.5) is 8.78 Å². The molecule has 1 fully saturated rings. The Balaban J connectivity index is 1.62. The van der Waals surface area contributed by atoms with Crippen molar-refractivity contribution in [3.63, 3.8) is 0 Å². The molecule has 0 saturated carbocycles. The zero-order chi connectivity index (χ0) is 19.6. The predicted octanol–water partition coefficient (Wildman–Crippen LogP) is 0.919. The second-order valence-corrected chi connectivity index (χ2v) is 8.71. The molecule has 2 aromatic rings. The third kappa shape index (κ3) is 4.51. The molecule has 0 aliphatic carbocycles. The van der Waals surface area contributed by atoms with Crippen LogP contribution in [-0.2, 0) is 9.84 Å².